The van der Waals surface area contributed by atoms with Gasteiger partial charge in [0.2, 0.25) is 0 Å². The summed E-state index contributed by atoms with van der Waals surface area (Å²) in [5, 5.41) is 1.31. The first-order valence-corrected chi connectivity index (χ1v) is 26.1. The van der Waals surface area contributed by atoms with E-state index in [9.17, 15) is 4.79 Å². The van der Waals surface area contributed by atoms with Crippen molar-refractivity contribution >= 4 is 19.0 Å². The van der Waals surface area contributed by atoms with E-state index in [4.69, 9.17) is 18.9 Å². The van der Waals surface area contributed by atoms with Crippen LogP contribution in [0.25, 0.3) is 44.5 Å². The van der Waals surface area contributed by atoms with Crippen molar-refractivity contribution in [3.63, 3.8) is 0 Å². The van der Waals surface area contributed by atoms with Gasteiger partial charge < -0.3 is 18.9 Å². The largest absolute Gasteiger partial charge is 0.496 e. The molecule has 356 valence electrons. The fourth-order valence-corrected chi connectivity index (χ4v) is 14.6. The maximum absolute atomic E-state index is 14.6. The Hall–Kier alpha value is -6.16. The molecule has 0 amide bonds. The van der Waals surface area contributed by atoms with Crippen molar-refractivity contribution in [3.8, 4) is 67.5 Å². The first kappa shape index (κ1) is 49.3. The zero-order chi connectivity index (χ0) is 49.1. The molecule has 1 aliphatic rings. The van der Waals surface area contributed by atoms with Crippen molar-refractivity contribution < 1.29 is 23.7 Å². The lowest BCUT2D eigenvalue weighted by molar-refractivity contribution is -0.119. The molecule has 0 aliphatic carbocycles. The van der Waals surface area contributed by atoms with Crippen molar-refractivity contribution in [2.75, 3.05) is 28.4 Å². The molecule has 5 nitrogen and oxygen atoms in total. The summed E-state index contributed by atoms with van der Waals surface area (Å²) >= 11 is 0. The number of carbonyl (C=O) groups excluding carboxylic acids is 1. The van der Waals surface area contributed by atoms with Crippen molar-refractivity contribution in [3.05, 3.63) is 173 Å². The molecule has 0 saturated carbocycles. The predicted octanol–water partition coefficient (Wildman–Crippen LogP) is 16.8. The maximum atomic E-state index is 14.6. The Kier molecular flexibility index (Phi) is 15.2. The highest BCUT2D eigenvalue weighted by molar-refractivity contribution is 7.67. The Morgan fingerprint density at radius 2 is 0.710 bits per heavy atom. The van der Waals surface area contributed by atoms with Gasteiger partial charge in [-0.05, 0) is 109 Å². The molecule has 0 bridgehead atoms. The molecule has 1 fully saturated rings. The second-order valence-electron chi connectivity index (χ2n) is 19.7. The third-order valence-corrected chi connectivity index (χ3v) is 17.3. The van der Waals surface area contributed by atoms with Gasteiger partial charge in [-0.2, -0.15) is 0 Å². The summed E-state index contributed by atoms with van der Waals surface area (Å²) in [6, 6.07) is 50.2. The fourth-order valence-electron chi connectivity index (χ4n) is 10.8. The molecular weight excluding hydrogens is 868 g/mol. The Morgan fingerprint density at radius 3 is 1.04 bits per heavy atom. The van der Waals surface area contributed by atoms with E-state index in [1.807, 2.05) is 24.3 Å². The van der Waals surface area contributed by atoms with Crippen molar-refractivity contribution in [2.24, 2.45) is 0 Å². The highest BCUT2D eigenvalue weighted by Gasteiger charge is 2.44. The number of ketones is 1. The zero-order valence-electron chi connectivity index (χ0n) is 42.6. The Morgan fingerprint density at radius 1 is 0.406 bits per heavy atom. The van der Waals surface area contributed by atoms with Gasteiger partial charge in [0.1, 0.15) is 28.8 Å². The lowest BCUT2D eigenvalue weighted by Crippen LogP contribution is -2.27. The molecule has 2 unspecified atom stereocenters. The number of Topliss-reactive ketones (excluding diaryl/α,β-unsaturated/α-hetero) is 1. The minimum Gasteiger partial charge on any atom is -0.496 e. The first-order chi connectivity index (χ1) is 33.3. The lowest BCUT2D eigenvalue weighted by atomic mass is 9.79. The van der Waals surface area contributed by atoms with Crippen LogP contribution in [0.2, 0.25) is 0 Å². The summed E-state index contributed by atoms with van der Waals surface area (Å²) in [7, 11) is 5.74. The number of ether oxygens (including phenoxy) is 4. The molecule has 0 aromatic heterocycles. The monoisotopic (exact) mass is 936 g/mol. The summed E-state index contributed by atoms with van der Waals surface area (Å²) in [6.07, 6.45) is 0.820. The molecular formula is C63H69O5P. The summed E-state index contributed by atoms with van der Waals surface area (Å²) in [5.41, 5.74) is 16.4. The van der Waals surface area contributed by atoms with Gasteiger partial charge in [-0.15, -0.1) is 0 Å². The normalized spacial score (nSPS) is 16.1. The second-order valence-corrected chi connectivity index (χ2v) is 22.2. The van der Waals surface area contributed by atoms with Gasteiger partial charge in [-0.25, -0.2) is 0 Å². The van der Waals surface area contributed by atoms with Crippen molar-refractivity contribution in [1.29, 1.82) is 0 Å². The number of hydrogen-bond acceptors (Lipinski definition) is 5. The third-order valence-electron chi connectivity index (χ3n) is 14.1. The minimum atomic E-state index is -1.27. The average Bonchev–Trinajstić information content (AvgIpc) is 3.37. The second kappa shape index (κ2) is 21.2. The maximum Gasteiger partial charge on any atom is 0.134 e. The smallest absolute Gasteiger partial charge is 0.134 e. The molecule has 1 saturated heterocycles. The Bertz CT molecular complexity index is 2710. The van der Waals surface area contributed by atoms with E-state index in [0.717, 1.165) is 56.4 Å². The number of methoxy groups -OCH3 is 4. The lowest BCUT2D eigenvalue weighted by Gasteiger charge is -2.42. The highest BCUT2D eigenvalue weighted by atomic mass is 31.1. The van der Waals surface area contributed by atoms with Crippen LogP contribution in [0.3, 0.4) is 0 Å². The highest BCUT2D eigenvalue weighted by Crippen LogP contribution is 2.70. The molecule has 69 heavy (non-hydrogen) atoms. The number of hydrogen-bond donors (Lipinski definition) is 0. The van der Waals surface area contributed by atoms with E-state index >= 15 is 0 Å². The van der Waals surface area contributed by atoms with E-state index in [-0.39, 0.29) is 40.8 Å². The molecule has 8 rings (SSSR count). The van der Waals surface area contributed by atoms with Crippen LogP contribution in [0.1, 0.15) is 137 Å². The third kappa shape index (κ3) is 9.60. The summed E-state index contributed by atoms with van der Waals surface area (Å²) < 4.78 is 24.5. The summed E-state index contributed by atoms with van der Waals surface area (Å²) in [4.78, 5) is 14.6. The molecule has 0 radical (unpaired) electrons. The van der Waals surface area contributed by atoms with E-state index in [1.54, 1.807) is 28.4 Å². The number of rotatable bonds is 15. The van der Waals surface area contributed by atoms with Crippen LogP contribution in [-0.4, -0.2) is 34.2 Å². The molecule has 0 spiro atoms. The fraction of sp³-hybridized carbons (Fsp3) is 0.317. The number of carbonyl (C=O) groups is 1. The van der Waals surface area contributed by atoms with Gasteiger partial charge >= 0.3 is 0 Å². The van der Waals surface area contributed by atoms with E-state index < -0.39 is 7.92 Å². The SMILES string of the molecule is COc1ccccc1-c1cc(C(C)C)c(-c2cccc(-c3c(C(C)C)cc(-c4ccccc4OC)cc3C(C)C)c2P2C(c3ccccc3OC)CC(=O)CC2c2ccccc2OC)c(C(C)C)c1. The van der Waals surface area contributed by atoms with Crippen LogP contribution >= 0.6 is 7.92 Å². The molecule has 0 N–H and O–H groups in total. The van der Waals surface area contributed by atoms with Gasteiger partial charge in [-0.1, -0.05) is 179 Å². The average molecular weight is 937 g/mol. The van der Waals surface area contributed by atoms with E-state index in [1.165, 1.54) is 49.8 Å². The van der Waals surface area contributed by atoms with E-state index in [2.05, 4.69) is 171 Å². The van der Waals surface area contributed by atoms with Crippen LogP contribution in [0, 0.1) is 0 Å². The molecule has 1 aliphatic heterocycles. The van der Waals surface area contributed by atoms with Crippen molar-refractivity contribution in [2.45, 2.75) is 103 Å². The van der Waals surface area contributed by atoms with Crippen LogP contribution in [0.4, 0.5) is 0 Å². The Balaban J connectivity index is 1.58. The van der Waals surface area contributed by atoms with Gasteiger partial charge in [0.15, 0.2) is 0 Å². The van der Waals surface area contributed by atoms with Gasteiger partial charge in [-0.3, -0.25) is 4.79 Å². The van der Waals surface area contributed by atoms with Crippen LogP contribution < -0.4 is 24.3 Å². The van der Waals surface area contributed by atoms with Crippen LogP contribution in [0.5, 0.6) is 23.0 Å². The number of benzene rings is 7. The van der Waals surface area contributed by atoms with Gasteiger partial charge in [0, 0.05) is 46.4 Å². The van der Waals surface area contributed by atoms with Crippen LogP contribution in [0.15, 0.2) is 140 Å². The summed E-state index contributed by atoms with van der Waals surface area (Å²) in [6.45, 7) is 18.6. The van der Waals surface area contributed by atoms with E-state index in [0.29, 0.717) is 12.8 Å². The molecule has 7 aromatic rings. The van der Waals surface area contributed by atoms with Crippen molar-refractivity contribution in [1.82, 2.24) is 0 Å². The molecule has 6 heteroatoms. The predicted molar refractivity (Wildman–Crippen MR) is 290 cm³/mol. The molecule has 7 aromatic carbocycles. The topological polar surface area (TPSA) is 54.0 Å². The van der Waals surface area contributed by atoms with Crippen LogP contribution in [-0.2, 0) is 4.79 Å². The quantitative estimate of drug-likeness (QED) is 0.0959. The first-order valence-electron chi connectivity index (χ1n) is 24.6. The zero-order valence-corrected chi connectivity index (χ0v) is 43.5. The van der Waals surface area contributed by atoms with Gasteiger partial charge in [0.05, 0.1) is 28.4 Å². The molecule has 2 atom stereocenters. The standard InChI is InChI=1S/C63H69O5P/c1-38(2)51-32-42(45-22-13-17-28-55(45)65-9)33-52(39(3)4)61(51)49-26-21-27-50(62-53(40(5)6)34-43(35-54(62)41(7)8)46-23-14-18-29-56(46)66-10)63(49)69-59(47-24-15-19-30-57(47)67-11)36-44(64)37-60(69)48-25-16-20-31-58(48)68-12/h13-35,38-41,59-60H,36-37H2,1-12H3. The Labute approximate surface area is 413 Å². The summed E-state index contributed by atoms with van der Waals surface area (Å²) in [5.74, 6) is 4.28. The van der Waals surface area contributed by atoms with Gasteiger partial charge in [0.25, 0.3) is 0 Å². The number of para-hydroxylation sites is 4. The minimum absolute atomic E-state index is 0.164. The molecule has 1 heterocycles.